The summed E-state index contributed by atoms with van der Waals surface area (Å²) in [7, 11) is 0. The summed E-state index contributed by atoms with van der Waals surface area (Å²) in [5.41, 5.74) is 2.53. The molecule has 0 amide bonds. The van der Waals surface area contributed by atoms with Crippen molar-refractivity contribution >= 4 is 26.8 Å². The molecule has 0 aliphatic carbocycles. The minimum Gasteiger partial charge on any atom is -0.306 e. The fourth-order valence-corrected chi connectivity index (χ4v) is 2.48. The number of aromatic amines is 1. The van der Waals surface area contributed by atoms with Crippen molar-refractivity contribution in [3.8, 4) is 11.4 Å². The lowest BCUT2D eigenvalue weighted by molar-refractivity contribution is 1.17. The van der Waals surface area contributed by atoms with Gasteiger partial charge in [0.15, 0.2) is 0 Å². The van der Waals surface area contributed by atoms with Crippen LogP contribution in [0, 0.1) is 6.92 Å². The standard InChI is InChI=1S/C15H11BrN2O/c1-9-4-2-7-12-13(9)17-14(18-15(12)19)10-5-3-6-11(16)8-10/h2-8H,1H3,(H,17,18,19). The molecule has 0 aliphatic rings. The third kappa shape index (κ3) is 2.19. The van der Waals surface area contributed by atoms with Gasteiger partial charge in [0.05, 0.1) is 10.9 Å². The van der Waals surface area contributed by atoms with Crippen LogP contribution in [-0.2, 0) is 0 Å². The molecule has 0 atom stereocenters. The number of para-hydroxylation sites is 1. The summed E-state index contributed by atoms with van der Waals surface area (Å²) >= 11 is 3.42. The first kappa shape index (κ1) is 12.1. The fourth-order valence-electron chi connectivity index (χ4n) is 2.08. The Labute approximate surface area is 118 Å². The average Bonchev–Trinajstić information content (AvgIpc) is 2.40. The molecule has 3 aromatic rings. The van der Waals surface area contributed by atoms with Gasteiger partial charge in [0.25, 0.3) is 5.56 Å². The second-order valence-corrected chi connectivity index (χ2v) is 5.31. The zero-order valence-electron chi connectivity index (χ0n) is 10.3. The molecule has 0 saturated carbocycles. The summed E-state index contributed by atoms with van der Waals surface area (Å²) in [6, 6.07) is 13.3. The summed E-state index contributed by atoms with van der Waals surface area (Å²) in [5.74, 6) is 0.591. The molecule has 3 rings (SSSR count). The van der Waals surface area contributed by atoms with Gasteiger partial charge >= 0.3 is 0 Å². The Kier molecular flexibility index (Phi) is 2.95. The van der Waals surface area contributed by atoms with E-state index in [1.165, 1.54) is 0 Å². The van der Waals surface area contributed by atoms with E-state index in [4.69, 9.17) is 0 Å². The third-order valence-electron chi connectivity index (χ3n) is 3.04. The molecule has 94 valence electrons. The van der Waals surface area contributed by atoms with Crippen LogP contribution in [0.1, 0.15) is 5.56 Å². The summed E-state index contributed by atoms with van der Waals surface area (Å²) in [6.07, 6.45) is 0. The SMILES string of the molecule is Cc1cccc2c(=O)[nH]c(-c3cccc(Br)c3)nc12. The minimum absolute atomic E-state index is 0.108. The highest BCUT2D eigenvalue weighted by Gasteiger charge is 2.07. The predicted molar refractivity (Wildman–Crippen MR) is 80.2 cm³/mol. The van der Waals surface area contributed by atoms with Crippen molar-refractivity contribution in [3.05, 3.63) is 62.9 Å². The lowest BCUT2D eigenvalue weighted by Crippen LogP contribution is -2.10. The topological polar surface area (TPSA) is 45.8 Å². The predicted octanol–water partition coefficient (Wildman–Crippen LogP) is 3.66. The lowest BCUT2D eigenvalue weighted by Gasteiger charge is -2.05. The van der Waals surface area contributed by atoms with Gasteiger partial charge in [-0.05, 0) is 30.7 Å². The lowest BCUT2D eigenvalue weighted by atomic mass is 10.1. The van der Waals surface area contributed by atoms with Crippen molar-refractivity contribution < 1.29 is 0 Å². The van der Waals surface area contributed by atoms with Crippen LogP contribution in [0.2, 0.25) is 0 Å². The summed E-state index contributed by atoms with van der Waals surface area (Å²) in [5, 5.41) is 0.624. The van der Waals surface area contributed by atoms with Gasteiger partial charge in [-0.1, -0.05) is 40.2 Å². The maximum absolute atomic E-state index is 12.1. The van der Waals surface area contributed by atoms with Crippen LogP contribution < -0.4 is 5.56 Å². The Balaban J connectivity index is 2.32. The van der Waals surface area contributed by atoms with Crippen molar-refractivity contribution in [1.82, 2.24) is 9.97 Å². The number of nitrogens with one attached hydrogen (secondary N) is 1. The van der Waals surface area contributed by atoms with E-state index in [1.807, 2.05) is 43.3 Å². The molecular weight excluding hydrogens is 304 g/mol. The molecule has 0 unspecified atom stereocenters. The van der Waals surface area contributed by atoms with Crippen LogP contribution in [0.3, 0.4) is 0 Å². The van der Waals surface area contributed by atoms with E-state index in [1.54, 1.807) is 6.07 Å². The molecule has 4 heteroatoms. The quantitative estimate of drug-likeness (QED) is 0.745. The number of fused-ring (bicyclic) bond motifs is 1. The normalized spacial score (nSPS) is 10.8. The van der Waals surface area contributed by atoms with Crippen molar-refractivity contribution in [3.63, 3.8) is 0 Å². The largest absolute Gasteiger partial charge is 0.306 e. The molecular formula is C15H11BrN2O. The Morgan fingerprint density at radius 3 is 2.74 bits per heavy atom. The minimum atomic E-state index is -0.108. The van der Waals surface area contributed by atoms with Crippen LogP contribution in [0.25, 0.3) is 22.3 Å². The van der Waals surface area contributed by atoms with Gasteiger partial charge in [-0.15, -0.1) is 0 Å². The van der Waals surface area contributed by atoms with Crippen molar-refractivity contribution in [2.45, 2.75) is 6.92 Å². The molecule has 3 nitrogen and oxygen atoms in total. The molecule has 0 fully saturated rings. The van der Waals surface area contributed by atoms with Gasteiger partial charge in [-0.2, -0.15) is 0 Å². The number of nitrogens with zero attached hydrogens (tertiary/aromatic N) is 1. The Morgan fingerprint density at radius 1 is 1.16 bits per heavy atom. The summed E-state index contributed by atoms with van der Waals surface area (Å²) < 4.78 is 0.956. The number of H-pyrrole nitrogens is 1. The second-order valence-electron chi connectivity index (χ2n) is 4.40. The third-order valence-corrected chi connectivity index (χ3v) is 3.53. The molecule has 0 bridgehead atoms. The van der Waals surface area contributed by atoms with E-state index < -0.39 is 0 Å². The van der Waals surface area contributed by atoms with E-state index in [0.29, 0.717) is 11.2 Å². The highest BCUT2D eigenvalue weighted by molar-refractivity contribution is 9.10. The molecule has 0 aliphatic heterocycles. The zero-order valence-corrected chi connectivity index (χ0v) is 11.9. The monoisotopic (exact) mass is 314 g/mol. The molecule has 1 aromatic heterocycles. The number of rotatable bonds is 1. The molecule has 1 heterocycles. The number of aryl methyl sites for hydroxylation is 1. The van der Waals surface area contributed by atoms with E-state index in [-0.39, 0.29) is 5.56 Å². The summed E-state index contributed by atoms with van der Waals surface area (Å²) in [6.45, 7) is 1.96. The van der Waals surface area contributed by atoms with E-state index >= 15 is 0 Å². The summed E-state index contributed by atoms with van der Waals surface area (Å²) in [4.78, 5) is 19.5. The highest BCUT2D eigenvalue weighted by atomic mass is 79.9. The molecule has 0 radical (unpaired) electrons. The van der Waals surface area contributed by atoms with Gasteiger partial charge in [0.2, 0.25) is 0 Å². The first-order valence-corrected chi connectivity index (χ1v) is 6.70. The van der Waals surface area contributed by atoms with Crippen molar-refractivity contribution in [2.75, 3.05) is 0 Å². The van der Waals surface area contributed by atoms with Gasteiger partial charge in [-0.25, -0.2) is 4.98 Å². The first-order chi connectivity index (χ1) is 9.15. The fraction of sp³-hybridized carbons (Fsp3) is 0.0667. The van der Waals surface area contributed by atoms with Gasteiger partial charge in [0.1, 0.15) is 5.82 Å². The first-order valence-electron chi connectivity index (χ1n) is 5.91. The van der Waals surface area contributed by atoms with E-state index in [0.717, 1.165) is 21.1 Å². The van der Waals surface area contributed by atoms with Crippen LogP contribution in [-0.4, -0.2) is 9.97 Å². The second kappa shape index (κ2) is 4.63. The van der Waals surface area contributed by atoms with Gasteiger partial charge in [0, 0.05) is 10.0 Å². The maximum Gasteiger partial charge on any atom is 0.259 e. The van der Waals surface area contributed by atoms with Gasteiger partial charge < -0.3 is 4.98 Å². The highest BCUT2D eigenvalue weighted by Crippen LogP contribution is 2.21. The van der Waals surface area contributed by atoms with Crippen molar-refractivity contribution in [1.29, 1.82) is 0 Å². The Bertz CT molecular complexity index is 824. The van der Waals surface area contributed by atoms with Crippen LogP contribution >= 0.6 is 15.9 Å². The molecule has 0 saturated heterocycles. The van der Waals surface area contributed by atoms with Crippen LogP contribution in [0.15, 0.2) is 51.7 Å². The maximum atomic E-state index is 12.1. The number of aromatic nitrogens is 2. The van der Waals surface area contributed by atoms with Crippen LogP contribution in [0.4, 0.5) is 0 Å². The number of halogens is 1. The van der Waals surface area contributed by atoms with Crippen LogP contribution in [0.5, 0.6) is 0 Å². The number of hydrogen-bond donors (Lipinski definition) is 1. The molecule has 0 spiro atoms. The zero-order chi connectivity index (χ0) is 13.4. The number of hydrogen-bond acceptors (Lipinski definition) is 2. The Hall–Kier alpha value is -1.94. The van der Waals surface area contributed by atoms with Crippen molar-refractivity contribution in [2.24, 2.45) is 0 Å². The average molecular weight is 315 g/mol. The Morgan fingerprint density at radius 2 is 1.95 bits per heavy atom. The van der Waals surface area contributed by atoms with E-state index in [2.05, 4.69) is 25.9 Å². The van der Waals surface area contributed by atoms with E-state index in [9.17, 15) is 4.79 Å². The molecule has 1 N–H and O–H groups in total. The molecule has 19 heavy (non-hydrogen) atoms. The number of benzene rings is 2. The molecule has 2 aromatic carbocycles. The van der Waals surface area contributed by atoms with Gasteiger partial charge in [-0.3, -0.25) is 4.79 Å². The smallest absolute Gasteiger partial charge is 0.259 e.